The molecule has 0 radical (unpaired) electrons. The van der Waals surface area contributed by atoms with Crippen molar-refractivity contribution in [1.29, 1.82) is 0 Å². The number of carboxylic acids is 1. The van der Waals surface area contributed by atoms with E-state index in [1.165, 1.54) is 0 Å². The number of hydrogen-bond acceptors (Lipinski definition) is 3. The Labute approximate surface area is 106 Å². The van der Waals surface area contributed by atoms with Crippen LogP contribution in [-0.4, -0.2) is 23.3 Å². The van der Waals surface area contributed by atoms with Gasteiger partial charge in [0.2, 0.25) is 0 Å². The molecule has 0 amide bonds. The number of carboxylic acid groups (broad SMARTS) is 1. The molecular weight excluding hydrogens is 232 g/mol. The van der Waals surface area contributed by atoms with Crippen molar-refractivity contribution in [2.24, 2.45) is 5.92 Å². The van der Waals surface area contributed by atoms with Gasteiger partial charge in [-0.15, -0.1) is 0 Å². The van der Waals surface area contributed by atoms with Crippen molar-refractivity contribution in [2.45, 2.75) is 31.8 Å². The van der Waals surface area contributed by atoms with E-state index in [0.717, 1.165) is 29.7 Å². The van der Waals surface area contributed by atoms with Gasteiger partial charge in [-0.2, -0.15) is 0 Å². The standard InChI is InChI=1S/C14H18O4/c1-9(13(15)16)14(17)7-3-4-10-8-11(18-2)5-6-12(10)14/h5-6,8-9,17H,3-4,7H2,1-2H3,(H,15,16). The summed E-state index contributed by atoms with van der Waals surface area (Å²) in [6, 6.07) is 5.44. The quantitative estimate of drug-likeness (QED) is 0.860. The molecule has 1 aliphatic rings. The average Bonchev–Trinajstić information content (AvgIpc) is 2.37. The van der Waals surface area contributed by atoms with Gasteiger partial charge in [0.25, 0.3) is 0 Å². The second kappa shape index (κ2) is 4.61. The Morgan fingerprint density at radius 3 is 2.83 bits per heavy atom. The first-order valence-corrected chi connectivity index (χ1v) is 6.11. The third kappa shape index (κ3) is 1.97. The number of aliphatic hydroxyl groups is 1. The Balaban J connectivity index is 2.47. The highest BCUT2D eigenvalue weighted by Gasteiger charge is 2.42. The van der Waals surface area contributed by atoms with Gasteiger partial charge in [0, 0.05) is 0 Å². The van der Waals surface area contributed by atoms with Gasteiger partial charge >= 0.3 is 5.97 Å². The number of aryl methyl sites for hydroxylation is 1. The van der Waals surface area contributed by atoms with Crippen LogP contribution in [0.25, 0.3) is 0 Å². The number of methoxy groups -OCH3 is 1. The molecule has 0 fully saturated rings. The van der Waals surface area contributed by atoms with E-state index in [-0.39, 0.29) is 0 Å². The van der Waals surface area contributed by atoms with Crippen LogP contribution >= 0.6 is 0 Å². The maximum atomic E-state index is 11.2. The number of carbonyl (C=O) groups is 1. The highest BCUT2D eigenvalue weighted by molar-refractivity contribution is 5.72. The molecule has 0 saturated heterocycles. The maximum Gasteiger partial charge on any atom is 0.309 e. The van der Waals surface area contributed by atoms with Gasteiger partial charge in [-0.1, -0.05) is 6.07 Å². The molecule has 0 heterocycles. The lowest BCUT2D eigenvalue weighted by Gasteiger charge is -2.37. The first-order chi connectivity index (χ1) is 8.49. The van der Waals surface area contributed by atoms with Crippen LogP contribution in [0.4, 0.5) is 0 Å². The molecule has 2 atom stereocenters. The predicted octanol–water partition coefficient (Wildman–Crippen LogP) is 1.94. The average molecular weight is 250 g/mol. The molecule has 4 nitrogen and oxygen atoms in total. The summed E-state index contributed by atoms with van der Waals surface area (Å²) in [5.41, 5.74) is 0.437. The minimum Gasteiger partial charge on any atom is -0.497 e. The normalized spacial score (nSPS) is 24.2. The summed E-state index contributed by atoms with van der Waals surface area (Å²) in [7, 11) is 1.59. The van der Waals surface area contributed by atoms with Crippen LogP contribution in [0.15, 0.2) is 18.2 Å². The van der Waals surface area contributed by atoms with E-state index in [1.54, 1.807) is 26.2 Å². The zero-order chi connectivity index (χ0) is 13.3. The fraction of sp³-hybridized carbons (Fsp3) is 0.500. The molecule has 2 N–H and O–H groups in total. The third-order valence-corrected chi connectivity index (χ3v) is 3.87. The monoisotopic (exact) mass is 250 g/mol. The predicted molar refractivity (Wildman–Crippen MR) is 66.6 cm³/mol. The Kier molecular flexibility index (Phi) is 3.30. The number of ether oxygens (including phenoxy) is 1. The summed E-state index contributed by atoms with van der Waals surface area (Å²) < 4.78 is 5.16. The fourth-order valence-corrected chi connectivity index (χ4v) is 2.66. The second-order valence-corrected chi connectivity index (χ2v) is 4.86. The van der Waals surface area contributed by atoms with E-state index in [4.69, 9.17) is 9.84 Å². The summed E-state index contributed by atoms with van der Waals surface area (Å²) in [4.78, 5) is 11.2. The topological polar surface area (TPSA) is 66.8 Å². The van der Waals surface area contributed by atoms with E-state index >= 15 is 0 Å². The molecule has 98 valence electrons. The maximum absolute atomic E-state index is 11.2. The Hall–Kier alpha value is -1.55. The number of aliphatic carboxylic acids is 1. The van der Waals surface area contributed by atoms with Crippen LogP contribution in [0, 0.1) is 5.92 Å². The highest BCUT2D eigenvalue weighted by atomic mass is 16.5. The van der Waals surface area contributed by atoms with Crippen molar-refractivity contribution < 1.29 is 19.7 Å². The summed E-state index contributed by atoms with van der Waals surface area (Å²) in [5.74, 6) is -1.05. The van der Waals surface area contributed by atoms with Crippen LogP contribution < -0.4 is 4.74 Å². The van der Waals surface area contributed by atoms with Crippen molar-refractivity contribution in [3.63, 3.8) is 0 Å². The van der Waals surface area contributed by atoms with Crippen LogP contribution in [0.2, 0.25) is 0 Å². The van der Waals surface area contributed by atoms with Gasteiger partial charge < -0.3 is 14.9 Å². The summed E-state index contributed by atoms with van der Waals surface area (Å²) >= 11 is 0. The van der Waals surface area contributed by atoms with Crippen molar-refractivity contribution in [3.8, 4) is 5.75 Å². The molecule has 0 aliphatic heterocycles. The molecule has 2 unspecified atom stereocenters. The number of rotatable bonds is 3. The molecule has 18 heavy (non-hydrogen) atoms. The number of benzene rings is 1. The smallest absolute Gasteiger partial charge is 0.309 e. The van der Waals surface area contributed by atoms with E-state index < -0.39 is 17.5 Å². The molecule has 0 saturated carbocycles. The first kappa shape index (κ1) is 12.9. The number of fused-ring (bicyclic) bond motifs is 1. The molecule has 2 rings (SSSR count). The summed E-state index contributed by atoms with van der Waals surface area (Å²) in [6.45, 7) is 1.56. The summed E-state index contributed by atoms with van der Waals surface area (Å²) in [5, 5.41) is 19.8. The van der Waals surface area contributed by atoms with Crippen LogP contribution in [-0.2, 0) is 16.8 Å². The number of hydrogen-bond donors (Lipinski definition) is 2. The largest absolute Gasteiger partial charge is 0.497 e. The van der Waals surface area contributed by atoms with E-state index in [0.29, 0.717) is 6.42 Å². The van der Waals surface area contributed by atoms with Crippen LogP contribution in [0.1, 0.15) is 30.9 Å². The van der Waals surface area contributed by atoms with Gasteiger partial charge in [0.05, 0.1) is 13.0 Å². The molecule has 4 heteroatoms. The molecule has 1 aromatic rings. The zero-order valence-corrected chi connectivity index (χ0v) is 10.6. The molecule has 0 spiro atoms. The van der Waals surface area contributed by atoms with Crippen molar-refractivity contribution in [3.05, 3.63) is 29.3 Å². The van der Waals surface area contributed by atoms with Crippen LogP contribution in [0.3, 0.4) is 0 Å². The lowest BCUT2D eigenvalue weighted by atomic mass is 9.72. The molecule has 1 aromatic carbocycles. The van der Waals surface area contributed by atoms with E-state index in [1.807, 2.05) is 6.07 Å². The zero-order valence-electron chi connectivity index (χ0n) is 10.6. The van der Waals surface area contributed by atoms with Crippen LogP contribution in [0.5, 0.6) is 5.75 Å². The lowest BCUT2D eigenvalue weighted by molar-refractivity contribution is -0.153. The minimum atomic E-state index is -1.27. The van der Waals surface area contributed by atoms with Crippen molar-refractivity contribution in [2.75, 3.05) is 7.11 Å². The SMILES string of the molecule is COc1ccc2c(c1)CCCC2(O)C(C)C(=O)O. The molecule has 0 aromatic heterocycles. The Bertz CT molecular complexity index is 469. The third-order valence-electron chi connectivity index (χ3n) is 3.87. The minimum absolute atomic E-state index is 0.486. The van der Waals surface area contributed by atoms with E-state index in [2.05, 4.69) is 0 Å². The van der Waals surface area contributed by atoms with Gasteiger partial charge in [-0.25, -0.2) is 0 Å². The fourth-order valence-electron chi connectivity index (χ4n) is 2.66. The molecular formula is C14H18O4. The Morgan fingerprint density at radius 2 is 2.22 bits per heavy atom. The molecule has 1 aliphatic carbocycles. The van der Waals surface area contributed by atoms with Gasteiger partial charge in [0.1, 0.15) is 11.4 Å². The molecule has 0 bridgehead atoms. The van der Waals surface area contributed by atoms with E-state index in [9.17, 15) is 9.90 Å². The second-order valence-electron chi connectivity index (χ2n) is 4.86. The first-order valence-electron chi connectivity index (χ1n) is 6.11. The Morgan fingerprint density at radius 1 is 1.50 bits per heavy atom. The lowest BCUT2D eigenvalue weighted by Crippen LogP contribution is -2.41. The van der Waals surface area contributed by atoms with Gasteiger partial charge in [-0.05, 0) is 49.4 Å². The van der Waals surface area contributed by atoms with Crippen molar-refractivity contribution >= 4 is 5.97 Å². The van der Waals surface area contributed by atoms with Crippen molar-refractivity contribution in [1.82, 2.24) is 0 Å². The highest BCUT2D eigenvalue weighted by Crippen LogP contribution is 2.41. The van der Waals surface area contributed by atoms with Gasteiger partial charge in [-0.3, -0.25) is 4.79 Å². The van der Waals surface area contributed by atoms with Gasteiger partial charge in [0.15, 0.2) is 0 Å². The summed E-state index contributed by atoms with van der Waals surface area (Å²) in [6.07, 6.45) is 2.12.